The van der Waals surface area contributed by atoms with E-state index in [-0.39, 0.29) is 10.7 Å². The summed E-state index contributed by atoms with van der Waals surface area (Å²) >= 11 is 2.96. The smallest absolute Gasteiger partial charge is 0.217 e. The van der Waals surface area contributed by atoms with Gasteiger partial charge in [0.15, 0.2) is 0 Å². The molecule has 5 heteroatoms. The molecular formula is C12H13BrN2O2. The maximum Gasteiger partial charge on any atom is 0.217 e. The normalized spacial score (nSPS) is 12.8. The van der Waals surface area contributed by atoms with E-state index in [1.165, 1.54) is 7.11 Å². The zero-order valence-electron chi connectivity index (χ0n) is 9.37. The van der Waals surface area contributed by atoms with Crippen LogP contribution in [-0.2, 0) is 16.1 Å². The molecule has 1 aromatic carbocycles. The van der Waals surface area contributed by atoms with Crippen molar-refractivity contribution in [2.75, 3.05) is 7.11 Å². The summed E-state index contributed by atoms with van der Waals surface area (Å²) in [6.45, 7) is 0. The summed E-state index contributed by atoms with van der Waals surface area (Å²) in [5.41, 5.74) is 4.83. The van der Waals surface area contributed by atoms with Crippen molar-refractivity contribution >= 4 is 31.5 Å². The topological polar surface area (TPSA) is 54.1 Å². The van der Waals surface area contributed by atoms with E-state index < -0.39 is 0 Å². The quantitative estimate of drug-likeness (QED) is 0.657. The van der Waals surface area contributed by atoms with Crippen LogP contribution in [0, 0.1) is 0 Å². The van der Waals surface area contributed by atoms with E-state index >= 15 is 0 Å². The Morgan fingerprint density at radius 1 is 1.53 bits per heavy atom. The number of hydroxylamine groups is 1. The van der Waals surface area contributed by atoms with Gasteiger partial charge in [-0.1, -0.05) is 18.2 Å². The highest BCUT2D eigenvalue weighted by molar-refractivity contribution is 9.18. The zero-order chi connectivity index (χ0) is 12.3. The molecule has 2 aromatic rings. The fourth-order valence-corrected chi connectivity index (χ4v) is 2.09. The van der Waals surface area contributed by atoms with Gasteiger partial charge in [0.05, 0.1) is 7.11 Å². The lowest BCUT2D eigenvalue weighted by Crippen LogP contribution is -2.35. The summed E-state index contributed by atoms with van der Waals surface area (Å²) in [5, 5.41) is 1.13. The molecule has 0 bridgehead atoms. The number of hydrogen-bond donors (Lipinski definition) is 2. The number of aromatic nitrogens is 1. The largest absolute Gasteiger partial charge is 0.361 e. The number of hydrogen-bond acceptors (Lipinski definition) is 3. The molecular weight excluding hydrogens is 284 g/mol. The van der Waals surface area contributed by atoms with E-state index in [0.29, 0.717) is 6.42 Å². The third-order valence-electron chi connectivity index (χ3n) is 2.63. The van der Waals surface area contributed by atoms with Crippen LogP contribution in [0.4, 0.5) is 0 Å². The van der Waals surface area contributed by atoms with Gasteiger partial charge in [0.25, 0.3) is 0 Å². The van der Waals surface area contributed by atoms with Crippen molar-refractivity contribution in [2.24, 2.45) is 0 Å². The van der Waals surface area contributed by atoms with Gasteiger partial charge in [-0.05, 0) is 27.6 Å². The van der Waals surface area contributed by atoms with Crippen LogP contribution < -0.4 is 5.48 Å². The molecule has 0 fully saturated rings. The van der Waals surface area contributed by atoms with Crippen molar-refractivity contribution in [3.05, 3.63) is 36.0 Å². The summed E-state index contributed by atoms with van der Waals surface area (Å²) in [4.78, 5) is 19.4. The van der Waals surface area contributed by atoms with Crippen LogP contribution >= 0.6 is 15.9 Å². The summed E-state index contributed by atoms with van der Waals surface area (Å²) in [7, 11) is 1.50. The molecule has 0 aliphatic heterocycles. The summed E-state index contributed by atoms with van der Waals surface area (Å²) in [6.07, 6.45) is 2.49. The molecule has 1 aromatic heterocycles. The minimum atomic E-state index is -0.390. The number of carbonyl (C=O) groups excluding carboxylic acids is 1. The predicted molar refractivity (Wildman–Crippen MR) is 69.9 cm³/mol. The van der Waals surface area contributed by atoms with Gasteiger partial charge in [0, 0.05) is 23.5 Å². The first kappa shape index (κ1) is 12.3. The number of halogens is 1. The third-order valence-corrected chi connectivity index (χ3v) is 3.19. The summed E-state index contributed by atoms with van der Waals surface area (Å²) in [5.74, 6) is 0. The van der Waals surface area contributed by atoms with Crippen LogP contribution in [0.25, 0.3) is 10.9 Å². The molecule has 90 valence electrons. The molecule has 0 spiro atoms. The standard InChI is InChI=1S/C12H13BrN2O2/c1-17-15-11(12(13)16)6-8-7-14-10-5-3-2-4-9(8)10/h2-5,7,11,14-15H,6H2,1H3/t11-/m0/s1. The monoisotopic (exact) mass is 296 g/mol. The molecule has 2 rings (SSSR count). The van der Waals surface area contributed by atoms with Crippen LogP contribution in [-0.4, -0.2) is 22.8 Å². The molecule has 0 aliphatic carbocycles. The van der Waals surface area contributed by atoms with Gasteiger partial charge in [0.1, 0.15) is 6.04 Å². The van der Waals surface area contributed by atoms with Crippen LogP contribution in [0.5, 0.6) is 0 Å². The van der Waals surface area contributed by atoms with Crippen molar-refractivity contribution in [3.63, 3.8) is 0 Å². The SMILES string of the molecule is CON[C@@H](Cc1c[nH]c2ccccc12)C(=O)Br. The molecule has 2 N–H and O–H groups in total. The lowest BCUT2D eigenvalue weighted by atomic mass is 10.1. The fraction of sp³-hybridized carbons (Fsp3) is 0.250. The zero-order valence-corrected chi connectivity index (χ0v) is 11.0. The fourth-order valence-electron chi connectivity index (χ4n) is 1.83. The average Bonchev–Trinajstić information content (AvgIpc) is 2.72. The molecule has 0 unspecified atom stereocenters. The van der Waals surface area contributed by atoms with Crippen molar-refractivity contribution in [3.8, 4) is 0 Å². The molecule has 0 aliphatic rings. The van der Waals surface area contributed by atoms with E-state index in [9.17, 15) is 4.79 Å². The third kappa shape index (κ3) is 2.74. The van der Waals surface area contributed by atoms with E-state index in [4.69, 9.17) is 4.84 Å². The Bertz CT molecular complexity index is 524. The number of rotatable bonds is 5. The Morgan fingerprint density at radius 2 is 2.29 bits per heavy atom. The molecule has 0 radical (unpaired) electrons. The van der Waals surface area contributed by atoms with Crippen molar-refractivity contribution in [1.82, 2.24) is 10.5 Å². The van der Waals surface area contributed by atoms with Crippen LogP contribution in [0.1, 0.15) is 5.56 Å². The van der Waals surface area contributed by atoms with Gasteiger partial charge in [-0.25, -0.2) is 0 Å². The second-order valence-corrected chi connectivity index (χ2v) is 4.52. The molecule has 0 saturated carbocycles. The Labute approximate surface area is 107 Å². The summed E-state index contributed by atoms with van der Waals surface area (Å²) < 4.78 is -0.121. The molecule has 1 heterocycles. The minimum absolute atomic E-state index is 0.121. The van der Waals surface area contributed by atoms with Gasteiger partial charge in [-0.15, -0.1) is 0 Å². The van der Waals surface area contributed by atoms with Gasteiger partial charge in [0.2, 0.25) is 4.69 Å². The van der Waals surface area contributed by atoms with Gasteiger partial charge in [-0.3, -0.25) is 4.79 Å². The van der Waals surface area contributed by atoms with Crippen LogP contribution in [0.3, 0.4) is 0 Å². The van der Waals surface area contributed by atoms with Crippen LogP contribution in [0.2, 0.25) is 0 Å². The number of benzene rings is 1. The highest BCUT2D eigenvalue weighted by atomic mass is 79.9. The maximum atomic E-state index is 11.4. The number of aromatic amines is 1. The minimum Gasteiger partial charge on any atom is -0.361 e. The maximum absolute atomic E-state index is 11.4. The van der Waals surface area contributed by atoms with E-state index in [1.54, 1.807) is 0 Å². The number of nitrogens with one attached hydrogen (secondary N) is 2. The summed E-state index contributed by atoms with van der Waals surface area (Å²) in [6, 6.07) is 7.61. The lowest BCUT2D eigenvalue weighted by molar-refractivity contribution is -0.115. The van der Waals surface area contributed by atoms with Crippen molar-refractivity contribution in [2.45, 2.75) is 12.5 Å². The van der Waals surface area contributed by atoms with E-state index in [2.05, 4.69) is 26.4 Å². The Hall–Kier alpha value is -1.17. The molecule has 0 saturated heterocycles. The highest BCUT2D eigenvalue weighted by Gasteiger charge is 2.17. The highest BCUT2D eigenvalue weighted by Crippen LogP contribution is 2.19. The second kappa shape index (κ2) is 5.44. The number of H-pyrrole nitrogens is 1. The van der Waals surface area contributed by atoms with Crippen LogP contribution in [0.15, 0.2) is 30.5 Å². The van der Waals surface area contributed by atoms with E-state index in [0.717, 1.165) is 16.5 Å². The molecule has 1 atom stereocenters. The van der Waals surface area contributed by atoms with Gasteiger partial charge >= 0.3 is 0 Å². The van der Waals surface area contributed by atoms with Gasteiger partial charge in [-0.2, -0.15) is 5.48 Å². The van der Waals surface area contributed by atoms with Crippen molar-refractivity contribution in [1.29, 1.82) is 0 Å². The first-order valence-corrected chi connectivity index (χ1v) is 6.04. The number of carbonyl (C=O) groups is 1. The lowest BCUT2D eigenvalue weighted by Gasteiger charge is -2.12. The Morgan fingerprint density at radius 3 is 3.00 bits per heavy atom. The number of fused-ring (bicyclic) bond motifs is 1. The first-order chi connectivity index (χ1) is 8.22. The Kier molecular flexibility index (Phi) is 3.93. The van der Waals surface area contributed by atoms with Crippen molar-refractivity contribution < 1.29 is 9.63 Å². The number of para-hydroxylation sites is 1. The first-order valence-electron chi connectivity index (χ1n) is 5.25. The molecule has 0 amide bonds. The predicted octanol–water partition coefficient (Wildman–Crippen LogP) is 2.15. The average molecular weight is 297 g/mol. The van der Waals surface area contributed by atoms with Gasteiger partial charge < -0.3 is 9.82 Å². The van der Waals surface area contributed by atoms with E-state index in [1.807, 2.05) is 30.5 Å². The molecule has 4 nitrogen and oxygen atoms in total. The molecule has 17 heavy (non-hydrogen) atoms. The Balaban J connectivity index is 2.25. The second-order valence-electron chi connectivity index (χ2n) is 3.74.